The summed E-state index contributed by atoms with van der Waals surface area (Å²) in [5.74, 6) is -3.60. The molecular weight excluding hydrogens is 578 g/mol. The summed E-state index contributed by atoms with van der Waals surface area (Å²) in [4.78, 5) is 43.2. The summed E-state index contributed by atoms with van der Waals surface area (Å²) >= 11 is 0. The minimum Gasteiger partial charge on any atom is -0.481 e. The Bertz CT molecular complexity index is 1910. The van der Waals surface area contributed by atoms with Gasteiger partial charge in [-0.05, 0) is 41.1 Å². The number of amides is 1. The van der Waals surface area contributed by atoms with E-state index >= 15 is 0 Å². The highest BCUT2D eigenvalue weighted by Crippen LogP contribution is 2.37. The maximum Gasteiger partial charge on any atom is 0.415 e. The van der Waals surface area contributed by atoms with Gasteiger partial charge in [0.05, 0.1) is 18.4 Å². The molecule has 3 unspecified atom stereocenters. The number of aromatic nitrogens is 1. The predicted octanol–water partition coefficient (Wildman–Crippen LogP) is 7.64. The van der Waals surface area contributed by atoms with Gasteiger partial charge in [-0.3, -0.25) is 19.5 Å². The average molecular weight is 610 g/mol. The van der Waals surface area contributed by atoms with Gasteiger partial charge in [-0.1, -0.05) is 109 Å². The standard InChI is InChI=1S/C25H19NO3.C13H12N2O2/c27-24(19-12-5-2-6-13-19)22(25(28)29)21(18-10-3-1-4-11-18)23-20-14-8-7-9-17(20)15-16-26-23;1-2-17-13(16)15-8-7-10-5-3-4-6-11(10)12(15)9-14/h1-16,21-22H,(H,28,29);3-8,12H,2H2,1H3. The quantitative estimate of drug-likeness (QED) is 0.149. The number of carboxylic acids is 1. The molecule has 8 heteroatoms. The summed E-state index contributed by atoms with van der Waals surface area (Å²) in [5.41, 5.74) is 3.49. The second-order valence-electron chi connectivity index (χ2n) is 10.4. The second-order valence-corrected chi connectivity index (χ2v) is 10.4. The van der Waals surface area contributed by atoms with E-state index in [2.05, 4.69) is 11.1 Å². The average Bonchev–Trinajstić information content (AvgIpc) is 3.10. The molecule has 0 saturated carbocycles. The van der Waals surface area contributed by atoms with E-state index in [1.54, 1.807) is 55.7 Å². The van der Waals surface area contributed by atoms with Crippen molar-refractivity contribution in [1.29, 1.82) is 5.26 Å². The van der Waals surface area contributed by atoms with Gasteiger partial charge in [0.2, 0.25) is 0 Å². The van der Waals surface area contributed by atoms with Crippen LogP contribution >= 0.6 is 0 Å². The first-order valence-electron chi connectivity index (χ1n) is 14.8. The van der Waals surface area contributed by atoms with Crippen molar-refractivity contribution < 1.29 is 24.2 Å². The number of ether oxygens (including phenoxy) is 1. The first kappa shape index (κ1) is 31.4. The van der Waals surface area contributed by atoms with E-state index in [1.807, 2.05) is 84.9 Å². The number of rotatable bonds is 7. The summed E-state index contributed by atoms with van der Waals surface area (Å²) in [6, 6.07) is 36.4. The summed E-state index contributed by atoms with van der Waals surface area (Å²) in [7, 11) is 0. The molecule has 5 aromatic rings. The topological polar surface area (TPSA) is 121 Å². The Labute approximate surface area is 266 Å². The zero-order chi connectivity index (χ0) is 32.5. The zero-order valence-corrected chi connectivity index (χ0v) is 25.1. The number of nitriles is 1. The van der Waals surface area contributed by atoms with Crippen molar-refractivity contribution >= 4 is 34.7 Å². The van der Waals surface area contributed by atoms with Gasteiger partial charge in [-0.2, -0.15) is 5.26 Å². The number of nitrogens with zero attached hydrogens (tertiary/aromatic N) is 3. The number of carbonyl (C=O) groups is 3. The number of hydrogen-bond donors (Lipinski definition) is 1. The molecule has 0 spiro atoms. The number of fused-ring (bicyclic) bond motifs is 2. The molecule has 0 radical (unpaired) electrons. The van der Waals surface area contributed by atoms with Crippen LogP contribution in [0.5, 0.6) is 0 Å². The van der Waals surface area contributed by atoms with Crippen LogP contribution in [0.25, 0.3) is 16.8 Å². The Balaban J connectivity index is 0.000000209. The lowest BCUT2D eigenvalue weighted by atomic mass is 9.78. The van der Waals surface area contributed by atoms with Gasteiger partial charge in [0.1, 0.15) is 5.92 Å². The zero-order valence-electron chi connectivity index (χ0n) is 25.1. The Hall–Kier alpha value is -6.07. The molecule has 1 aromatic heterocycles. The molecule has 3 atom stereocenters. The normalized spacial score (nSPS) is 14.5. The molecule has 4 aromatic carbocycles. The number of carboxylic acid groups (broad SMARTS) is 1. The molecule has 1 amide bonds. The molecule has 0 saturated heterocycles. The summed E-state index contributed by atoms with van der Waals surface area (Å²) in [6.45, 7) is 2.03. The molecule has 1 aliphatic rings. The maximum absolute atomic E-state index is 13.3. The smallest absolute Gasteiger partial charge is 0.415 e. The summed E-state index contributed by atoms with van der Waals surface area (Å²) in [6.07, 6.45) is 4.57. The van der Waals surface area contributed by atoms with Crippen molar-refractivity contribution in [1.82, 2.24) is 9.88 Å². The lowest BCUT2D eigenvalue weighted by Gasteiger charge is -2.27. The minimum atomic E-state index is -1.29. The van der Waals surface area contributed by atoms with Crippen molar-refractivity contribution in [2.45, 2.75) is 18.9 Å². The molecule has 228 valence electrons. The third kappa shape index (κ3) is 6.69. The van der Waals surface area contributed by atoms with Crippen molar-refractivity contribution in [3.05, 3.63) is 156 Å². The van der Waals surface area contributed by atoms with Crippen molar-refractivity contribution in [3.8, 4) is 6.07 Å². The van der Waals surface area contributed by atoms with Crippen LogP contribution in [0.4, 0.5) is 4.79 Å². The van der Waals surface area contributed by atoms with E-state index in [4.69, 9.17) is 4.74 Å². The molecule has 0 aliphatic carbocycles. The number of benzene rings is 4. The largest absolute Gasteiger partial charge is 0.481 e. The highest BCUT2D eigenvalue weighted by Gasteiger charge is 2.39. The number of pyridine rings is 1. The van der Waals surface area contributed by atoms with Gasteiger partial charge in [0.25, 0.3) is 0 Å². The molecule has 8 nitrogen and oxygen atoms in total. The van der Waals surface area contributed by atoms with Gasteiger partial charge in [-0.15, -0.1) is 0 Å². The highest BCUT2D eigenvalue weighted by atomic mass is 16.6. The van der Waals surface area contributed by atoms with Crippen LogP contribution in [0.1, 0.15) is 51.6 Å². The monoisotopic (exact) mass is 609 g/mol. The molecule has 1 N–H and O–H groups in total. The third-order valence-corrected chi connectivity index (χ3v) is 7.68. The van der Waals surface area contributed by atoms with Crippen LogP contribution in [0.15, 0.2) is 128 Å². The van der Waals surface area contributed by atoms with Gasteiger partial charge >= 0.3 is 12.1 Å². The van der Waals surface area contributed by atoms with E-state index < -0.39 is 35.7 Å². The van der Waals surface area contributed by atoms with Crippen molar-refractivity contribution in [2.75, 3.05) is 6.61 Å². The predicted molar refractivity (Wildman–Crippen MR) is 175 cm³/mol. The Morgan fingerprint density at radius 2 is 1.54 bits per heavy atom. The number of Topliss-reactive ketones (excluding diaryl/α,β-unsaturated/α-hetero) is 1. The van der Waals surface area contributed by atoms with E-state index in [1.165, 1.54) is 4.90 Å². The fourth-order valence-corrected chi connectivity index (χ4v) is 5.55. The SMILES string of the molecule is CCOC(=O)N1C=Cc2ccccc2C1C#N.O=C(O)C(C(=O)c1ccccc1)C(c1ccccc1)c1nccc2ccccc12. The summed E-state index contributed by atoms with van der Waals surface area (Å²) < 4.78 is 4.91. The van der Waals surface area contributed by atoms with E-state index in [9.17, 15) is 24.8 Å². The van der Waals surface area contributed by atoms with Gasteiger partial charge < -0.3 is 9.84 Å². The first-order chi connectivity index (χ1) is 22.4. The van der Waals surface area contributed by atoms with E-state index in [0.29, 0.717) is 17.9 Å². The minimum absolute atomic E-state index is 0.295. The van der Waals surface area contributed by atoms with Gasteiger partial charge in [-0.25, -0.2) is 4.79 Å². The molecule has 1 aliphatic heterocycles. The van der Waals surface area contributed by atoms with Crippen LogP contribution in [0.3, 0.4) is 0 Å². The number of aliphatic carboxylic acids is 1. The lowest BCUT2D eigenvalue weighted by molar-refractivity contribution is -0.140. The lowest BCUT2D eigenvalue weighted by Crippen LogP contribution is -2.32. The van der Waals surface area contributed by atoms with Crippen LogP contribution in [0, 0.1) is 17.2 Å². The van der Waals surface area contributed by atoms with Gasteiger partial charge in [0, 0.05) is 29.3 Å². The van der Waals surface area contributed by atoms with Crippen LogP contribution < -0.4 is 0 Å². The van der Waals surface area contributed by atoms with E-state index in [0.717, 1.165) is 27.5 Å². The van der Waals surface area contributed by atoms with Crippen molar-refractivity contribution in [2.24, 2.45) is 5.92 Å². The first-order valence-corrected chi connectivity index (χ1v) is 14.8. The Kier molecular flexibility index (Phi) is 9.95. The molecule has 0 fully saturated rings. The number of ketones is 1. The van der Waals surface area contributed by atoms with Crippen LogP contribution in [-0.2, 0) is 9.53 Å². The molecular formula is C38H31N3O5. The number of carbonyl (C=O) groups excluding carboxylic acids is 2. The highest BCUT2D eigenvalue weighted by molar-refractivity contribution is 6.09. The second kappa shape index (κ2) is 14.6. The summed E-state index contributed by atoms with van der Waals surface area (Å²) in [5, 5.41) is 21.1. The Morgan fingerprint density at radius 3 is 2.24 bits per heavy atom. The molecule has 6 rings (SSSR count). The fraction of sp³-hybridized carbons (Fsp3) is 0.132. The molecule has 0 bridgehead atoms. The molecule has 46 heavy (non-hydrogen) atoms. The fourth-order valence-electron chi connectivity index (χ4n) is 5.55. The Morgan fingerprint density at radius 1 is 0.891 bits per heavy atom. The van der Waals surface area contributed by atoms with Crippen molar-refractivity contribution in [3.63, 3.8) is 0 Å². The van der Waals surface area contributed by atoms with E-state index in [-0.39, 0.29) is 0 Å². The van der Waals surface area contributed by atoms with Gasteiger partial charge in [0.15, 0.2) is 11.8 Å². The molecule has 2 heterocycles. The maximum atomic E-state index is 13.3. The van der Waals surface area contributed by atoms with Crippen LogP contribution in [0.2, 0.25) is 0 Å². The van der Waals surface area contributed by atoms with Crippen LogP contribution in [-0.4, -0.2) is 39.4 Å². The third-order valence-electron chi connectivity index (χ3n) is 7.68. The number of hydrogen-bond acceptors (Lipinski definition) is 6.